The third-order valence-corrected chi connectivity index (χ3v) is 9.51. The second-order valence-corrected chi connectivity index (χ2v) is 12.6. The molecule has 0 N–H and O–H groups in total. The highest BCUT2D eigenvalue weighted by molar-refractivity contribution is 6.29. The number of hydrogen-bond donors (Lipinski definition) is 0. The van der Waals surface area contributed by atoms with Gasteiger partial charge in [0.25, 0.3) is 0 Å². The summed E-state index contributed by atoms with van der Waals surface area (Å²) < 4.78 is 6.38. The molecule has 0 bridgehead atoms. The van der Waals surface area contributed by atoms with Crippen LogP contribution in [0.2, 0.25) is 0 Å². The van der Waals surface area contributed by atoms with Gasteiger partial charge in [-0.05, 0) is 29.8 Å². The first-order valence-electron chi connectivity index (χ1n) is 17.0. The van der Waals surface area contributed by atoms with Gasteiger partial charge in [-0.15, -0.1) is 0 Å². The van der Waals surface area contributed by atoms with Gasteiger partial charge in [0, 0.05) is 54.7 Å². The van der Waals surface area contributed by atoms with E-state index in [1.807, 2.05) is 78.9 Å². The van der Waals surface area contributed by atoms with Gasteiger partial charge < -0.3 is 4.42 Å². The maximum absolute atomic E-state index is 6.38. The Kier molecular flexibility index (Phi) is 6.74. The van der Waals surface area contributed by atoms with Gasteiger partial charge in [0.15, 0.2) is 17.5 Å². The standard InChI is InChI=1S/C46H28N4O/c1-4-14-29(15-5-1)42-37-26-27-39-41(35-22-10-11-25-38(35)51-39)40(37)36-24-13-23-34(43(36)47-42)32-20-12-21-33(28-32)46-49-44(30-16-6-2-7-17-30)48-45(50-46)31-18-8-3-9-19-31/h1-28H. The van der Waals surface area contributed by atoms with Crippen LogP contribution < -0.4 is 0 Å². The highest BCUT2D eigenvalue weighted by Gasteiger charge is 2.20. The van der Waals surface area contributed by atoms with Gasteiger partial charge in [0.2, 0.25) is 0 Å². The molecule has 10 aromatic rings. The molecule has 5 heteroatoms. The summed E-state index contributed by atoms with van der Waals surface area (Å²) in [5, 5.41) is 5.49. The predicted octanol–water partition coefficient (Wildman–Crippen LogP) is 11.8. The van der Waals surface area contributed by atoms with E-state index in [-0.39, 0.29) is 0 Å². The number of aromatic nitrogens is 4. The van der Waals surface area contributed by atoms with Crippen LogP contribution in [0.5, 0.6) is 0 Å². The van der Waals surface area contributed by atoms with Gasteiger partial charge in [-0.25, -0.2) is 19.9 Å². The summed E-state index contributed by atoms with van der Waals surface area (Å²) in [7, 11) is 0. The number of fused-ring (bicyclic) bond motifs is 7. The maximum Gasteiger partial charge on any atom is 0.164 e. The van der Waals surface area contributed by atoms with Crippen LogP contribution in [0, 0.1) is 0 Å². The van der Waals surface area contributed by atoms with Crippen molar-refractivity contribution in [2.75, 3.05) is 0 Å². The summed E-state index contributed by atoms with van der Waals surface area (Å²) in [6.45, 7) is 0. The lowest BCUT2D eigenvalue weighted by Gasteiger charge is -2.15. The number of rotatable bonds is 5. The van der Waals surface area contributed by atoms with Gasteiger partial charge in [0.1, 0.15) is 11.2 Å². The summed E-state index contributed by atoms with van der Waals surface area (Å²) >= 11 is 0. The highest BCUT2D eigenvalue weighted by atomic mass is 16.3. The van der Waals surface area contributed by atoms with E-state index in [1.165, 1.54) is 0 Å². The Morgan fingerprint density at radius 2 is 0.882 bits per heavy atom. The molecule has 0 atom stereocenters. The lowest BCUT2D eigenvalue weighted by atomic mass is 9.93. The lowest BCUT2D eigenvalue weighted by molar-refractivity contribution is 0.669. The van der Waals surface area contributed by atoms with Crippen LogP contribution in [0.3, 0.4) is 0 Å². The first kappa shape index (κ1) is 29.0. The molecular weight excluding hydrogens is 625 g/mol. The molecule has 7 aromatic carbocycles. The van der Waals surface area contributed by atoms with Crippen molar-refractivity contribution in [3.05, 3.63) is 170 Å². The molecule has 0 saturated heterocycles. The molecule has 0 saturated carbocycles. The minimum absolute atomic E-state index is 0.611. The van der Waals surface area contributed by atoms with Crippen LogP contribution in [0.15, 0.2) is 174 Å². The molecule has 0 radical (unpaired) electrons. The normalized spacial score (nSPS) is 11.5. The lowest BCUT2D eigenvalue weighted by Crippen LogP contribution is -2.00. The summed E-state index contributed by atoms with van der Waals surface area (Å²) in [5.74, 6) is 1.87. The number of nitrogens with zero attached hydrogens (tertiary/aromatic N) is 4. The number of para-hydroxylation sites is 2. The van der Waals surface area contributed by atoms with Crippen molar-refractivity contribution in [2.24, 2.45) is 0 Å². The summed E-state index contributed by atoms with van der Waals surface area (Å²) in [6, 6.07) is 57.9. The largest absolute Gasteiger partial charge is 0.456 e. The first-order valence-corrected chi connectivity index (χ1v) is 17.0. The summed E-state index contributed by atoms with van der Waals surface area (Å²) in [5.41, 5.74) is 9.47. The van der Waals surface area contributed by atoms with Crippen LogP contribution in [0.25, 0.3) is 100 Å². The second kappa shape index (κ2) is 11.9. The molecule has 238 valence electrons. The van der Waals surface area contributed by atoms with Crippen LogP contribution in [0.1, 0.15) is 0 Å². The van der Waals surface area contributed by atoms with E-state index in [2.05, 4.69) is 91.0 Å². The Bertz CT molecular complexity index is 2840. The average molecular weight is 653 g/mol. The molecule has 0 aliphatic heterocycles. The molecule has 0 unspecified atom stereocenters. The Labute approximate surface area is 293 Å². The third-order valence-electron chi connectivity index (χ3n) is 9.51. The van der Waals surface area contributed by atoms with Crippen molar-refractivity contribution in [3.63, 3.8) is 0 Å². The maximum atomic E-state index is 6.38. The Hall–Kier alpha value is -6.98. The number of benzene rings is 7. The molecule has 0 fully saturated rings. The van der Waals surface area contributed by atoms with Crippen molar-refractivity contribution in [2.45, 2.75) is 0 Å². The molecule has 3 aromatic heterocycles. The number of hydrogen-bond acceptors (Lipinski definition) is 5. The molecule has 0 spiro atoms. The van der Waals surface area contributed by atoms with Gasteiger partial charge in [-0.2, -0.15) is 0 Å². The Balaban J connectivity index is 1.22. The number of pyridine rings is 1. The zero-order valence-electron chi connectivity index (χ0n) is 27.4. The van der Waals surface area contributed by atoms with E-state index in [0.29, 0.717) is 17.5 Å². The Morgan fingerprint density at radius 3 is 1.59 bits per heavy atom. The van der Waals surface area contributed by atoms with Crippen molar-refractivity contribution < 1.29 is 4.42 Å². The molecule has 3 heterocycles. The quantitative estimate of drug-likeness (QED) is 0.173. The van der Waals surface area contributed by atoms with Crippen molar-refractivity contribution >= 4 is 43.6 Å². The summed E-state index contributed by atoms with van der Waals surface area (Å²) in [6.07, 6.45) is 0. The first-order chi connectivity index (χ1) is 25.3. The zero-order chi connectivity index (χ0) is 33.7. The van der Waals surface area contributed by atoms with Crippen molar-refractivity contribution in [1.29, 1.82) is 0 Å². The highest BCUT2D eigenvalue weighted by Crippen LogP contribution is 2.43. The molecule has 0 aliphatic rings. The fourth-order valence-corrected chi connectivity index (χ4v) is 7.14. The molecule has 0 aliphatic carbocycles. The smallest absolute Gasteiger partial charge is 0.164 e. The molecule has 5 nitrogen and oxygen atoms in total. The molecular formula is C46H28N4O. The van der Waals surface area contributed by atoms with Crippen LogP contribution in [-0.2, 0) is 0 Å². The molecule has 51 heavy (non-hydrogen) atoms. The minimum Gasteiger partial charge on any atom is -0.456 e. The molecule has 10 rings (SSSR count). The second-order valence-electron chi connectivity index (χ2n) is 12.6. The van der Waals surface area contributed by atoms with Crippen molar-refractivity contribution in [3.8, 4) is 56.5 Å². The SMILES string of the molecule is c1ccc(-c2nc(-c3ccccc3)nc(-c3cccc(-c4cccc5c4nc(-c4ccccc4)c4ccc6oc7ccccc7c6c45)c3)n2)cc1. The van der Waals surface area contributed by atoms with Gasteiger partial charge in [-0.1, -0.05) is 146 Å². The van der Waals surface area contributed by atoms with Crippen LogP contribution in [-0.4, -0.2) is 19.9 Å². The predicted molar refractivity (Wildman–Crippen MR) is 207 cm³/mol. The third kappa shape index (κ3) is 4.94. The minimum atomic E-state index is 0.611. The van der Waals surface area contributed by atoms with Crippen LogP contribution >= 0.6 is 0 Å². The van der Waals surface area contributed by atoms with E-state index in [4.69, 9.17) is 24.4 Å². The van der Waals surface area contributed by atoms with Gasteiger partial charge in [0.05, 0.1) is 11.2 Å². The summed E-state index contributed by atoms with van der Waals surface area (Å²) in [4.78, 5) is 20.4. The number of furan rings is 1. The fourth-order valence-electron chi connectivity index (χ4n) is 7.14. The van der Waals surface area contributed by atoms with E-state index < -0.39 is 0 Å². The van der Waals surface area contributed by atoms with E-state index in [9.17, 15) is 0 Å². The van der Waals surface area contributed by atoms with E-state index >= 15 is 0 Å². The monoisotopic (exact) mass is 652 g/mol. The van der Waals surface area contributed by atoms with E-state index in [0.717, 1.165) is 82.7 Å². The zero-order valence-corrected chi connectivity index (χ0v) is 27.4. The average Bonchev–Trinajstić information content (AvgIpc) is 3.60. The topological polar surface area (TPSA) is 64.7 Å². The van der Waals surface area contributed by atoms with Gasteiger partial charge in [-0.3, -0.25) is 0 Å². The van der Waals surface area contributed by atoms with Crippen LogP contribution in [0.4, 0.5) is 0 Å². The Morgan fingerprint density at radius 1 is 0.333 bits per heavy atom. The fraction of sp³-hybridized carbons (Fsp3) is 0. The van der Waals surface area contributed by atoms with E-state index in [1.54, 1.807) is 0 Å². The molecule has 0 amide bonds. The van der Waals surface area contributed by atoms with Gasteiger partial charge >= 0.3 is 0 Å². The van der Waals surface area contributed by atoms with Crippen molar-refractivity contribution in [1.82, 2.24) is 19.9 Å².